The molecule has 0 fully saturated rings. The Hall–Kier alpha value is -0.780. The van der Waals surface area contributed by atoms with E-state index in [1.165, 1.54) is 0 Å². The third kappa shape index (κ3) is 9.52. The molecule has 4 N–H and O–H groups in total. The third-order valence-corrected chi connectivity index (χ3v) is 1.94. The van der Waals surface area contributed by atoms with Gasteiger partial charge in [-0.05, 0) is 12.8 Å². The van der Waals surface area contributed by atoms with E-state index in [1.54, 1.807) is 0 Å². The number of ketones is 2. The van der Waals surface area contributed by atoms with E-state index in [1.807, 2.05) is 0 Å². The number of hydrogen-bond donors (Lipinski definition) is 2. The first kappa shape index (κ1) is 14.2. The number of hydrogen-bond acceptors (Lipinski definition) is 5. The lowest BCUT2D eigenvalue weighted by Crippen LogP contribution is -2.14. The first-order valence-corrected chi connectivity index (χ1v) is 5.22. The summed E-state index contributed by atoms with van der Waals surface area (Å²) in [5.74, 6) is 0.105. The number of nitrogens with two attached hydrogens (primary N) is 2. The molecule has 0 aromatic rings. The summed E-state index contributed by atoms with van der Waals surface area (Å²) in [5, 5.41) is 0. The van der Waals surface area contributed by atoms with Crippen molar-refractivity contribution < 1.29 is 14.3 Å². The van der Waals surface area contributed by atoms with Crippen LogP contribution in [0.4, 0.5) is 0 Å². The average molecular weight is 216 g/mol. The topological polar surface area (TPSA) is 95.4 Å². The molecule has 0 aliphatic rings. The summed E-state index contributed by atoms with van der Waals surface area (Å²) >= 11 is 0. The molecule has 88 valence electrons. The van der Waals surface area contributed by atoms with Gasteiger partial charge in [0.1, 0.15) is 11.6 Å². The fourth-order valence-corrected chi connectivity index (χ4v) is 1.05. The van der Waals surface area contributed by atoms with Crippen molar-refractivity contribution in [2.45, 2.75) is 25.7 Å². The Morgan fingerprint density at radius 3 is 1.60 bits per heavy atom. The Morgan fingerprint density at radius 1 is 0.867 bits per heavy atom. The van der Waals surface area contributed by atoms with E-state index >= 15 is 0 Å². The number of carbonyl (C=O) groups is 2. The van der Waals surface area contributed by atoms with Crippen molar-refractivity contribution in [2.75, 3.05) is 26.3 Å². The zero-order valence-electron chi connectivity index (χ0n) is 9.04. The minimum atomic E-state index is 0.0527. The van der Waals surface area contributed by atoms with E-state index < -0.39 is 0 Å². The zero-order valence-corrected chi connectivity index (χ0v) is 9.04. The van der Waals surface area contributed by atoms with Crippen LogP contribution in [0.25, 0.3) is 0 Å². The SMILES string of the molecule is NCC(=O)CCCOCCCC(=O)CN. The van der Waals surface area contributed by atoms with E-state index in [-0.39, 0.29) is 24.7 Å². The fourth-order valence-electron chi connectivity index (χ4n) is 1.05. The van der Waals surface area contributed by atoms with Crippen LogP contribution in [0.2, 0.25) is 0 Å². The van der Waals surface area contributed by atoms with Crippen molar-refractivity contribution >= 4 is 11.6 Å². The van der Waals surface area contributed by atoms with E-state index in [2.05, 4.69) is 0 Å². The molecule has 0 spiro atoms. The van der Waals surface area contributed by atoms with Gasteiger partial charge in [-0.25, -0.2) is 0 Å². The molecule has 0 unspecified atom stereocenters. The van der Waals surface area contributed by atoms with Crippen molar-refractivity contribution in [3.05, 3.63) is 0 Å². The Kier molecular flexibility index (Phi) is 9.26. The van der Waals surface area contributed by atoms with Crippen LogP contribution in [0.3, 0.4) is 0 Å². The van der Waals surface area contributed by atoms with Crippen molar-refractivity contribution in [3.8, 4) is 0 Å². The van der Waals surface area contributed by atoms with Gasteiger partial charge in [0.25, 0.3) is 0 Å². The van der Waals surface area contributed by atoms with E-state index in [4.69, 9.17) is 16.2 Å². The molecule has 0 radical (unpaired) electrons. The standard InChI is InChI=1S/C10H20N2O3/c11-7-9(13)3-1-5-15-6-2-4-10(14)8-12/h1-8,11-12H2. The van der Waals surface area contributed by atoms with Crippen LogP contribution in [0.1, 0.15) is 25.7 Å². The molecular weight excluding hydrogens is 196 g/mol. The molecule has 15 heavy (non-hydrogen) atoms. The normalized spacial score (nSPS) is 10.3. The molecule has 0 heterocycles. The molecule has 0 atom stereocenters. The lowest BCUT2D eigenvalue weighted by atomic mass is 10.2. The first-order chi connectivity index (χ1) is 7.20. The van der Waals surface area contributed by atoms with Crippen LogP contribution in [-0.4, -0.2) is 37.9 Å². The summed E-state index contributed by atoms with van der Waals surface area (Å²) in [6.45, 7) is 1.29. The molecule has 5 heteroatoms. The molecular formula is C10H20N2O3. The molecule has 5 nitrogen and oxygen atoms in total. The van der Waals surface area contributed by atoms with Gasteiger partial charge in [-0.15, -0.1) is 0 Å². The number of ether oxygens (including phenoxy) is 1. The predicted octanol–water partition coefficient (Wildman–Crippen LogP) is -0.381. The van der Waals surface area contributed by atoms with Gasteiger partial charge >= 0.3 is 0 Å². The molecule has 0 amide bonds. The van der Waals surface area contributed by atoms with Gasteiger partial charge < -0.3 is 16.2 Å². The van der Waals surface area contributed by atoms with E-state index in [0.29, 0.717) is 38.9 Å². The lowest BCUT2D eigenvalue weighted by Gasteiger charge is -2.02. The second-order valence-corrected chi connectivity index (χ2v) is 3.31. The lowest BCUT2D eigenvalue weighted by molar-refractivity contribution is -0.118. The minimum Gasteiger partial charge on any atom is -0.381 e. The summed E-state index contributed by atoms with van der Waals surface area (Å²) in [4.78, 5) is 21.6. The number of Topliss-reactive ketones (excluding diaryl/α,β-unsaturated/α-hetero) is 2. The molecule has 0 saturated carbocycles. The molecule has 0 saturated heterocycles. The molecule has 0 aliphatic carbocycles. The van der Waals surface area contributed by atoms with Crippen LogP contribution in [-0.2, 0) is 14.3 Å². The minimum absolute atomic E-state index is 0.0527. The highest BCUT2D eigenvalue weighted by Gasteiger charge is 1.99. The van der Waals surface area contributed by atoms with Crippen LogP contribution in [0, 0.1) is 0 Å². The van der Waals surface area contributed by atoms with E-state index in [0.717, 1.165) is 0 Å². The number of rotatable bonds is 10. The predicted molar refractivity (Wildman–Crippen MR) is 57.4 cm³/mol. The van der Waals surface area contributed by atoms with Gasteiger partial charge in [0.15, 0.2) is 0 Å². The highest BCUT2D eigenvalue weighted by Crippen LogP contribution is 1.95. The molecule has 0 bridgehead atoms. The Balaban J connectivity index is 3.11. The first-order valence-electron chi connectivity index (χ1n) is 5.22. The smallest absolute Gasteiger partial charge is 0.146 e. The van der Waals surface area contributed by atoms with Crippen LogP contribution in [0.5, 0.6) is 0 Å². The van der Waals surface area contributed by atoms with Crippen molar-refractivity contribution in [2.24, 2.45) is 11.5 Å². The van der Waals surface area contributed by atoms with Crippen molar-refractivity contribution in [1.29, 1.82) is 0 Å². The van der Waals surface area contributed by atoms with Crippen LogP contribution in [0.15, 0.2) is 0 Å². The van der Waals surface area contributed by atoms with Gasteiger partial charge in [-0.3, -0.25) is 9.59 Å². The Bertz CT molecular complexity index is 175. The van der Waals surface area contributed by atoms with Crippen LogP contribution >= 0.6 is 0 Å². The van der Waals surface area contributed by atoms with Gasteiger partial charge in [-0.1, -0.05) is 0 Å². The monoisotopic (exact) mass is 216 g/mol. The van der Waals surface area contributed by atoms with Gasteiger partial charge in [-0.2, -0.15) is 0 Å². The van der Waals surface area contributed by atoms with Gasteiger partial charge in [0.05, 0.1) is 13.1 Å². The highest BCUT2D eigenvalue weighted by molar-refractivity contribution is 5.80. The summed E-state index contributed by atoms with van der Waals surface area (Å²) in [6, 6.07) is 0. The fraction of sp³-hybridized carbons (Fsp3) is 0.800. The second kappa shape index (κ2) is 9.76. The van der Waals surface area contributed by atoms with Gasteiger partial charge in [0.2, 0.25) is 0 Å². The molecule has 0 aromatic carbocycles. The molecule has 0 rings (SSSR count). The summed E-state index contributed by atoms with van der Waals surface area (Å²) in [7, 11) is 0. The maximum Gasteiger partial charge on any atom is 0.146 e. The second-order valence-electron chi connectivity index (χ2n) is 3.31. The number of carbonyl (C=O) groups excluding carboxylic acids is 2. The van der Waals surface area contributed by atoms with Crippen molar-refractivity contribution in [1.82, 2.24) is 0 Å². The summed E-state index contributed by atoms with van der Waals surface area (Å²) in [6.07, 6.45) is 2.33. The largest absolute Gasteiger partial charge is 0.381 e. The Labute approximate surface area is 90.1 Å². The Morgan fingerprint density at radius 2 is 1.27 bits per heavy atom. The zero-order chi connectivity index (χ0) is 11.5. The third-order valence-electron chi connectivity index (χ3n) is 1.94. The van der Waals surface area contributed by atoms with Crippen molar-refractivity contribution in [3.63, 3.8) is 0 Å². The molecule has 0 aromatic heterocycles. The quantitative estimate of drug-likeness (QED) is 0.485. The van der Waals surface area contributed by atoms with Gasteiger partial charge in [0, 0.05) is 26.1 Å². The van der Waals surface area contributed by atoms with E-state index in [9.17, 15) is 9.59 Å². The summed E-state index contributed by atoms with van der Waals surface area (Å²) < 4.78 is 5.24. The summed E-state index contributed by atoms with van der Waals surface area (Å²) in [5.41, 5.74) is 10.3. The molecule has 0 aliphatic heterocycles. The highest BCUT2D eigenvalue weighted by atomic mass is 16.5. The maximum absolute atomic E-state index is 10.8. The average Bonchev–Trinajstić information content (AvgIpc) is 2.26. The maximum atomic E-state index is 10.8. The van der Waals surface area contributed by atoms with Crippen LogP contribution < -0.4 is 11.5 Å².